The third-order valence-corrected chi connectivity index (χ3v) is 6.25. The fourth-order valence-corrected chi connectivity index (χ4v) is 4.49. The molecule has 5 rings (SSSR count). The lowest BCUT2D eigenvalue weighted by Crippen LogP contribution is -2.41. The number of rotatable bonds is 7. The van der Waals surface area contributed by atoms with Crippen LogP contribution in [-0.4, -0.2) is 45.7 Å². The monoisotopic (exact) mass is 506 g/mol. The van der Waals surface area contributed by atoms with Gasteiger partial charge in [-0.15, -0.1) is 0 Å². The standard InChI is InChI=1S/C25H27ClN2O3.C3H4N2/c1-3-5-15-30-19-9-6-17(7-10-19)24-23-20(12-13-28(24)25(29)31-14-4-2)21-16-18(26)8-11-22(21)27-23;1-2-5-3-4-1/h4,6-11,16,24,27H,2-3,5,12-15H2,1H3;1-3H,(H,4,5). The van der Waals surface area contributed by atoms with Gasteiger partial charge in [0.05, 0.1) is 12.9 Å². The molecule has 0 saturated heterocycles. The van der Waals surface area contributed by atoms with Crippen molar-refractivity contribution in [2.45, 2.75) is 32.2 Å². The van der Waals surface area contributed by atoms with Gasteiger partial charge in [0.2, 0.25) is 0 Å². The molecule has 188 valence electrons. The van der Waals surface area contributed by atoms with E-state index < -0.39 is 0 Å². The van der Waals surface area contributed by atoms with Gasteiger partial charge in [-0.25, -0.2) is 9.78 Å². The maximum atomic E-state index is 12.9. The third kappa shape index (κ3) is 5.91. The Bertz CT molecular complexity index is 1250. The highest BCUT2D eigenvalue weighted by molar-refractivity contribution is 6.31. The quantitative estimate of drug-likeness (QED) is 0.216. The van der Waals surface area contributed by atoms with Crippen molar-refractivity contribution >= 4 is 28.6 Å². The van der Waals surface area contributed by atoms with Crippen LogP contribution in [0.15, 0.2) is 73.8 Å². The maximum Gasteiger partial charge on any atom is 0.410 e. The summed E-state index contributed by atoms with van der Waals surface area (Å²) in [6.07, 6.45) is 9.16. The molecule has 7 nitrogen and oxygen atoms in total. The summed E-state index contributed by atoms with van der Waals surface area (Å²) < 4.78 is 11.2. The first-order valence-corrected chi connectivity index (χ1v) is 12.5. The van der Waals surface area contributed by atoms with Crippen molar-refractivity contribution in [2.24, 2.45) is 0 Å². The van der Waals surface area contributed by atoms with Gasteiger partial charge < -0.3 is 19.4 Å². The summed E-state index contributed by atoms with van der Waals surface area (Å²) in [5.74, 6) is 0.831. The highest BCUT2D eigenvalue weighted by Gasteiger charge is 2.35. The van der Waals surface area contributed by atoms with Gasteiger partial charge in [0.1, 0.15) is 18.4 Å². The van der Waals surface area contributed by atoms with Crippen molar-refractivity contribution in [3.05, 3.63) is 95.7 Å². The number of H-pyrrole nitrogens is 2. The van der Waals surface area contributed by atoms with E-state index in [9.17, 15) is 4.79 Å². The molecule has 2 aromatic heterocycles. The van der Waals surface area contributed by atoms with Crippen LogP contribution < -0.4 is 4.74 Å². The molecule has 36 heavy (non-hydrogen) atoms. The zero-order valence-electron chi connectivity index (χ0n) is 20.4. The Morgan fingerprint density at radius 2 is 2.11 bits per heavy atom. The number of hydrogen-bond acceptors (Lipinski definition) is 4. The number of unbranched alkanes of at least 4 members (excludes halogenated alkanes) is 1. The smallest absolute Gasteiger partial charge is 0.410 e. The Morgan fingerprint density at radius 1 is 1.28 bits per heavy atom. The number of benzene rings is 2. The van der Waals surface area contributed by atoms with Crippen LogP contribution in [0.5, 0.6) is 5.75 Å². The minimum absolute atomic E-state index is 0.182. The molecule has 2 aromatic carbocycles. The Balaban J connectivity index is 0.000000543. The molecular weight excluding hydrogens is 476 g/mol. The Morgan fingerprint density at radius 3 is 2.78 bits per heavy atom. The van der Waals surface area contributed by atoms with E-state index in [1.807, 2.05) is 42.5 Å². The zero-order chi connectivity index (χ0) is 25.3. The van der Waals surface area contributed by atoms with Crippen LogP contribution >= 0.6 is 11.6 Å². The number of carbonyl (C=O) groups is 1. The average Bonchev–Trinajstić information content (AvgIpc) is 3.59. The predicted molar refractivity (Wildman–Crippen MR) is 143 cm³/mol. The second-order valence-corrected chi connectivity index (χ2v) is 8.89. The number of nitrogens with one attached hydrogen (secondary N) is 2. The van der Waals surface area contributed by atoms with E-state index in [0.29, 0.717) is 18.2 Å². The number of fused-ring (bicyclic) bond motifs is 3. The van der Waals surface area contributed by atoms with Crippen LogP contribution in [0.25, 0.3) is 10.9 Å². The Hall–Kier alpha value is -3.71. The molecule has 1 aliphatic rings. The molecule has 8 heteroatoms. The molecule has 0 saturated carbocycles. The van der Waals surface area contributed by atoms with E-state index in [-0.39, 0.29) is 18.7 Å². The minimum atomic E-state index is -0.351. The number of hydrogen-bond donors (Lipinski definition) is 2. The fraction of sp³-hybridized carbons (Fsp3) is 0.286. The molecule has 3 heterocycles. The third-order valence-electron chi connectivity index (χ3n) is 6.02. The summed E-state index contributed by atoms with van der Waals surface area (Å²) in [7, 11) is 0. The second kappa shape index (κ2) is 12.3. The highest BCUT2D eigenvalue weighted by atomic mass is 35.5. The van der Waals surface area contributed by atoms with Crippen molar-refractivity contribution in [2.75, 3.05) is 19.8 Å². The molecule has 1 amide bonds. The van der Waals surface area contributed by atoms with Gasteiger partial charge in [-0.1, -0.05) is 49.7 Å². The van der Waals surface area contributed by atoms with Crippen molar-refractivity contribution < 1.29 is 14.3 Å². The molecule has 0 aliphatic carbocycles. The predicted octanol–water partition coefficient (Wildman–Crippen LogP) is 6.68. The summed E-state index contributed by atoms with van der Waals surface area (Å²) in [5, 5.41) is 1.80. The van der Waals surface area contributed by atoms with Gasteiger partial charge in [-0.3, -0.25) is 4.90 Å². The molecule has 2 N–H and O–H groups in total. The number of halogens is 1. The highest BCUT2D eigenvalue weighted by Crippen LogP contribution is 2.39. The van der Waals surface area contributed by atoms with Crippen molar-refractivity contribution in [1.82, 2.24) is 19.9 Å². The van der Waals surface area contributed by atoms with Crippen LogP contribution in [0.2, 0.25) is 5.02 Å². The van der Waals surface area contributed by atoms with Gasteiger partial charge in [0.15, 0.2) is 0 Å². The Kier molecular flexibility index (Phi) is 8.68. The van der Waals surface area contributed by atoms with Crippen molar-refractivity contribution in [3.8, 4) is 5.75 Å². The first-order chi connectivity index (χ1) is 17.6. The summed E-state index contributed by atoms with van der Waals surface area (Å²) in [5.41, 5.74) is 4.20. The number of ether oxygens (including phenoxy) is 2. The van der Waals surface area contributed by atoms with Gasteiger partial charge in [0.25, 0.3) is 0 Å². The van der Waals surface area contributed by atoms with Gasteiger partial charge in [-0.05, 0) is 54.3 Å². The molecule has 0 radical (unpaired) electrons. The average molecular weight is 507 g/mol. The zero-order valence-corrected chi connectivity index (χ0v) is 21.1. The SMILES string of the molecule is C=CCOC(=O)N1CCc2c([nH]c3ccc(Cl)cc23)C1c1ccc(OCCCC)cc1.c1c[nH]cn1. The number of nitrogens with zero attached hydrogens (tertiary/aromatic N) is 2. The first kappa shape index (κ1) is 25.4. The van der Waals surface area contributed by atoms with E-state index in [1.165, 1.54) is 5.56 Å². The molecule has 0 fully saturated rings. The topological polar surface area (TPSA) is 83.2 Å². The van der Waals surface area contributed by atoms with E-state index in [4.69, 9.17) is 21.1 Å². The summed E-state index contributed by atoms with van der Waals surface area (Å²) in [6, 6.07) is 13.5. The molecular formula is C28H31ClN4O3. The van der Waals surface area contributed by atoms with E-state index >= 15 is 0 Å². The molecule has 0 spiro atoms. The van der Waals surface area contributed by atoms with E-state index in [2.05, 4.69) is 28.5 Å². The van der Waals surface area contributed by atoms with Gasteiger partial charge >= 0.3 is 6.09 Å². The number of carbonyl (C=O) groups excluding carboxylic acids is 1. The second-order valence-electron chi connectivity index (χ2n) is 8.45. The minimum Gasteiger partial charge on any atom is -0.494 e. The normalized spacial score (nSPS) is 14.5. The van der Waals surface area contributed by atoms with Crippen LogP contribution in [0.3, 0.4) is 0 Å². The lowest BCUT2D eigenvalue weighted by molar-refractivity contribution is 0.0979. The Labute approximate surface area is 216 Å². The summed E-state index contributed by atoms with van der Waals surface area (Å²) >= 11 is 6.26. The number of aromatic nitrogens is 3. The largest absolute Gasteiger partial charge is 0.494 e. The van der Waals surface area contributed by atoms with Crippen molar-refractivity contribution in [1.29, 1.82) is 0 Å². The number of imidazole rings is 1. The van der Waals surface area contributed by atoms with Crippen LogP contribution in [-0.2, 0) is 11.2 Å². The van der Waals surface area contributed by atoms with Gasteiger partial charge in [-0.2, -0.15) is 0 Å². The van der Waals surface area contributed by atoms with Crippen LogP contribution in [0.4, 0.5) is 4.79 Å². The fourth-order valence-electron chi connectivity index (χ4n) is 4.31. The van der Waals surface area contributed by atoms with E-state index in [0.717, 1.165) is 47.2 Å². The molecule has 1 unspecified atom stereocenters. The van der Waals surface area contributed by atoms with Crippen LogP contribution in [0.1, 0.15) is 42.6 Å². The molecule has 0 bridgehead atoms. The summed E-state index contributed by atoms with van der Waals surface area (Å²) in [4.78, 5) is 24.6. The van der Waals surface area contributed by atoms with Gasteiger partial charge in [0, 0.05) is 40.6 Å². The van der Waals surface area contributed by atoms with Crippen molar-refractivity contribution in [3.63, 3.8) is 0 Å². The maximum absolute atomic E-state index is 12.9. The first-order valence-electron chi connectivity index (χ1n) is 12.1. The lowest BCUT2D eigenvalue weighted by Gasteiger charge is -2.35. The summed E-state index contributed by atoms with van der Waals surface area (Å²) in [6.45, 7) is 7.22. The number of amides is 1. The molecule has 1 aliphatic heterocycles. The van der Waals surface area contributed by atoms with E-state index in [1.54, 1.807) is 29.7 Å². The molecule has 1 atom stereocenters. The van der Waals surface area contributed by atoms with Crippen LogP contribution in [0, 0.1) is 0 Å². The number of aromatic amines is 2. The lowest BCUT2D eigenvalue weighted by atomic mass is 9.92. The molecule has 4 aromatic rings.